The van der Waals surface area contributed by atoms with Crippen molar-refractivity contribution in [1.82, 2.24) is 5.32 Å². The van der Waals surface area contributed by atoms with Crippen LogP contribution in [0.5, 0.6) is 0 Å². The average Bonchev–Trinajstić information content (AvgIpc) is 2.45. The number of hydrogen-bond donors (Lipinski definition) is 1. The summed E-state index contributed by atoms with van der Waals surface area (Å²) in [7, 11) is -1.26. The highest BCUT2D eigenvalue weighted by Gasteiger charge is 2.22. The zero-order valence-electron chi connectivity index (χ0n) is 9.49. The summed E-state index contributed by atoms with van der Waals surface area (Å²) < 4.78 is 27.5. The molecule has 0 amide bonds. The lowest BCUT2D eigenvalue weighted by atomic mass is 10.1. The topological polar surface area (TPSA) is 55.4 Å². The molecule has 0 saturated heterocycles. The molecular formula is C10H19NO3S. The third-order valence-electron chi connectivity index (χ3n) is 2.62. The van der Waals surface area contributed by atoms with Crippen molar-refractivity contribution in [3.8, 4) is 0 Å². The van der Waals surface area contributed by atoms with Gasteiger partial charge in [-0.05, 0) is 26.8 Å². The molecule has 1 rings (SSSR count). The Morgan fingerprint density at radius 2 is 2.20 bits per heavy atom. The fourth-order valence-electron chi connectivity index (χ4n) is 1.36. The first-order valence-electron chi connectivity index (χ1n) is 5.04. The highest BCUT2D eigenvalue weighted by Crippen LogP contribution is 2.13. The van der Waals surface area contributed by atoms with Gasteiger partial charge in [-0.3, -0.25) is 0 Å². The first-order valence-corrected chi connectivity index (χ1v) is 6.76. The van der Waals surface area contributed by atoms with E-state index in [0.29, 0.717) is 0 Å². The van der Waals surface area contributed by atoms with E-state index in [9.17, 15) is 8.42 Å². The van der Waals surface area contributed by atoms with Gasteiger partial charge in [0.05, 0.1) is 11.4 Å². The third kappa shape index (κ3) is 4.32. The van der Waals surface area contributed by atoms with Gasteiger partial charge in [0.2, 0.25) is 0 Å². The standard InChI is InChI=1S/C10H19NO3S/c1-10(2,14-3)5-6-11-9-4-7-15(12,13)8-9/h4,7,9,11H,5-6,8H2,1-3H3. The molecule has 0 bridgehead atoms. The smallest absolute Gasteiger partial charge is 0.173 e. The molecule has 0 radical (unpaired) electrons. The van der Waals surface area contributed by atoms with Crippen LogP contribution in [0.2, 0.25) is 0 Å². The van der Waals surface area contributed by atoms with E-state index in [1.165, 1.54) is 5.41 Å². The number of rotatable bonds is 5. The molecule has 0 aromatic carbocycles. The van der Waals surface area contributed by atoms with Gasteiger partial charge >= 0.3 is 0 Å². The van der Waals surface area contributed by atoms with Gasteiger partial charge in [-0.15, -0.1) is 0 Å². The summed E-state index contributed by atoms with van der Waals surface area (Å²) in [6.45, 7) is 4.77. The lowest BCUT2D eigenvalue weighted by Crippen LogP contribution is -2.35. The quantitative estimate of drug-likeness (QED) is 0.759. The summed E-state index contributed by atoms with van der Waals surface area (Å²) in [5.41, 5.74) is -0.159. The fraction of sp³-hybridized carbons (Fsp3) is 0.800. The van der Waals surface area contributed by atoms with Gasteiger partial charge in [0.1, 0.15) is 0 Å². The van der Waals surface area contributed by atoms with E-state index in [1.807, 2.05) is 13.8 Å². The Balaban J connectivity index is 2.26. The summed E-state index contributed by atoms with van der Waals surface area (Å²) in [5.74, 6) is 0.181. The molecule has 5 heteroatoms. The van der Waals surface area contributed by atoms with E-state index in [1.54, 1.807) is 13.2 Å². The van der Waals surface area contributed by atoms with Crippen LogP contribution in [0.3, 0.4) is 0 Å². The van der Waals surface area contributed by atoms with Gasteiger partial charge in [-0.2, -0.15) is 0 Å². The number of nitrogens with one attached hydrogen (secondary N) is 1. The molecule has 0 fully saturated rings. The van der Waals surface area contributed by atoms with E-state index < -0.39 is 9.84 Å². The van der Waals surface area contributed by atoms with Crippen LogP contribution in [0.1, 0.15) is 20.3 Å². The minimum Gasteiger partial charge on any atom is -0.379 e. The SMILES string of the molecule is COC(C)(C)CCNC1C=CS(=O)(=O)C1. The molecule has 1 aliphatic rings. The molecule has 1 N–H and O–H groups in total. The summed E-state index contributed by atoms with van der Waals surface area (Å²) in [6, 6.07) is -0.0392. The minimum atomic E-state index is -2.94. The lowest BCUT2D eigenvalue weighted by Gasteiger charge is -2.23. The van der Waals surface area contributed by atoms with Crippen molar-refractivity contribution in [2.45, 2.75) is 31.9 Å². The Bertz CT molecular complexity index is 333. The number of sulfone groups is 1. The normalized spacial score (nSPS) is 24.6. The summed E-state index contributed by atoms with van der Waals surface area (Å²) in [5, 5.41) is 4.47. The highest BCUT2D eigenvalue weighted by atomic mass is 32.2. The van der Waals surface area contributed by atoms with Crippen LogP contribution in [0.4, 0.5) is 0 Å². The van der Waals surface area contributed by atoms with E-state index in [4.69, 9.17) is 4.74 Å². The molecule has 0 saturated carbocycles. The van der Waals surface area contributed by atoms with Crippen molar-refractivity contribution in [2.24, 2.45) is 0 Å². The number of methoxy groups -OCH3 is 1. The molecule has 1 atom stereocenters. The van der Waals surface area contributed by atoms with Crippen molar-refractivity contribution >= 4 is 9.84 Å². The number of ether oxygens (including phenoxy) is 1. The molecule has 88 valence electrons. The van der Waals surface area contributed by atoms with Gasteiger partial charge in [0.15, 0.2) is 9.84 Å². The van der Waals surface area contributed by atoms with E-state index in [0.717, 1.165) is 13.0 Å². The largest absolute Gasteiger partial charge is 0.379 e. The predicted molar refractivity (Wildman–Crippen MR) is 60.4 cm³/mol. The Kier molecular flexibility index (Phi) is 3.92. The molecule has 15 heavy (non-hydrogen) atoms. The first-order chi connectivity index (χ1) is 6.85. The molecule has 1 heterocycles. The monoisotopic (exact) mass is 233 g/mol. The van der Waals surface area contributed by atoms with Crippen molar-refractivity contribution < 1.29 is 13.2 Å². The average molecular weight is 233 g/mol. The second kappa shape index (κ2) is 4.63. The Hall–Kier alpha value is -0.390. The molecule has 1 aliphatic heterocycles. The van der Waals surface area contributed by atoms with Crippen LogP contribution in [0.15, 0.2) is 11.5 Å². The second-order valence-electron chi connectivity index (χ2n) is 4.43. The van der Waals surface area contributed by atoms with Crippen LogP contribution < -0.4 is 5.32 Å². The molecule has 0 aliphatic carbocycles. The van der Waals surface area contributed by atoms with E-state index in [2.05, 4.69) is 5.32 Å². The highest BCUT2D eigenvalue weighted by molar-refractivity contribution is 7.94. The maximum Gasteiger partial charge on any atom is 0.173 e. The van der Waals surface area contributed by atoms with E-state index in [-0.39, 0.29) is 17.4 Å². The first kappa shape index (κ1) is 12.7. The summed E-state index contributed by atoms with van der Waals surface area (Å²) in [6.07, 6.45) is 2.56. The second-order valence-corrected chi connectivity index (χ2v) is 6.36. The minimum absolute atomic E-state index is 0.0392. The van der Waals surface area contributed by atoms with Crippen molar-refractivity contribution in [3.63, 3.8) is 0 Å². The molecular weight excluding hydrogens is 214 g/mol. The fourth-order valence-corrected chi connectivity index (χ4v) is 2.63. The predicted octanol–water partition coefficient (Wildman–Crippen LogP) is 0.702. The lowest BCUT2D eigenvalue weighted by molar-refractivity contribution is 0.0157. The number of hydrogen-bond acceptors (Lipinski definition) is 4. The molecule has 0 spiro atoms. The molecule has 0 aromatic heterocycles. The zero-order chi connectivity index (χ0) is 11.5. The van der Waals surface area contributed by atoms with Crippen LogP contribution in [0, 0.1) is 0 Å². The van der Waals surface area contributed by atoms with Crippen LogP contribution in [-0.4, -0.2) is 39.5 Å². The summed E-state index contributed by atoms with van der Waals surface area (Å²) >= 11 is 0. The Morgan fingerprint density at radius 1 is 1.53 bits per heavy atom. The van der Waals surface area contributed by atoms with Gasteiger partial charge in [0, 0.05) is 18.6 Å². The molecule has 4 nitrogen and oxygen atoms in total. The van der Waals surface area contributed by atoms with E-state index >= 15 is 0 Å². The maximum atomic E-state index is 11.1. The van der Waals surface area contributed by atoms with Crippen LogP contribution in [0.25, 0.3) is 0 Å². The molecule has 0 aromatic rings. The summed E-state index contributed by atoms with van der Waals surface area (Å²) in [4.78, 5) is 0. The van der Waals surface area contributed by atoms with Gasteiger partial charge in [-0.25, -0.2) is 8.42 Å². The Morgan fingerprint density at radius 3 is 2.67 bits per heavy atom. The van der Waals surface area contributed by atoms with Gasteiger partial charge in [0.25, 0.3) is 0 Å². The third-order valence-corrected chi connectivity index (χ3v) is 4.01. The maximum absolute atomic E-state index is 11.1. The Labute approximate surface area is 91.6 Å². The van der Waals surface area contributed by atoms with Crippen molar-refractivity contribution in [2.75, 3.05) is 19.4 Å². The van der Waals surface area contributed by atoms with Gasteiger partial charge < -0.3 is 10.1 Å². The van der Waals surface area contributed by atoms with Crippen LogP contribution in [-0.2, 0) is 14.6 Å². The zero-order valence-corrected chi connectivity index (χ0v) is 10.3. The molecule has 1 unspecified atom stereocenters. The van der Waals surface area contributed by atoms with Crippen molar-refractivity contribution in [1.29, 1.82) is 0 Å². The van der Waals surface area contributed by atoms with Crippen molar-refractivity contribution in [3.05, 3.63) is 11.5 Å². The van der Waals surface area contributed by atoms with Gasteiger partial charge in [-0.1, -0.05) is 6.08 Å². The van der Waals surface area contributed by atoms with Crippen LogP contribution >= 0.6 is 0 Å².